The van der Waals surface area contributed by atoms with Crippen LogP contribution >= 0.6 is 11.6 Å². The SMILES string of the molecule is CCC(CCc1cc[nH]n1)CC(C)Cl. The normalized spacial score (nSPS) is 15.4. The van der Waals surface area contributed by atoms with Crippen molar-refractivity contribution in [2.45, 2.75) is 44.9 Å². The zero-order valence-electron chi connectivity index (χ0n) is 8.96. The molecule has 0 fully saturated rings. The van der Waals surface area contributed by atoms with Crippen molar-refractivity contribution in [1.29, 1.82) is 0 Å². The number of aromatic amines is 1. The maximum absolute atomic E-state index is 5.99. The summed E-state index contributed by atoms with van der Waals surface area (Å²) in [6.07, 6.45) is 6.45. The molecular weight excluding hydrogens is 196 g/mol. The molecule has 1 heterocycles. The minimum atomic E-state index is 0.291. The molecule has 1 rings (SSSR count). The van der Waals surface area contributed by atoms with E-state index < -0.39 is 0 Å². The zero-order chi connectivity index (χ0) is 10.4. The van der Waals surface area contributed by atoms with Crippen LogP contribution in [0.25, 0.3) is 0 Å². The third-order valence-electron chi connectivity index (χ3n) is 2.60. The highest BCUT2D eigenvalue weighted by Crippen LogP contribution is 2.19. The van der Waals surface area contributed by atoms with Crippen LogP contribution in [-0.2, 0) is 6.42 Å². The summed E-state index contributed by atoms with van der Waals surface area (Å²) in [7, 11) is 0. The van der Waals surface area contributed by atoms with Crippen LogP contribution in [0.5, 0.6) is 0 Å². The predicted molar refractivity (Wildman–Crippen MR) is 60.6 cm³/mol. The first-order valence-electron chi connectivity index (χ1n) is 5.35. The van der Waals surface area contributed by atoms with Gasteiger partial charge in [0.15, 0.2) is 0 Å². The van der Waals surface area contributed by atoms with Crippen LogP contribution in [0.15, 0.2) is 12.3 Å². The van der Waals surface area contributed by atoms with E-state index in [1.807, 2.05) is 12.3 Å². The van der Waals surface area contributed by atoms with Crippen molar-refractivity contribution in [2.24, 2.45) is 5.92 Å². The molecule has 0 spiro atoms. The molecule has 2 nitrogen and oxygen atoms in total. The number of nitrogens with one attached hydrogen (secondary N) is 1. The third-order valence-corrected chi connectivity index (χ3v) is 2.78. The van der Waals surface area contributed by atoms with Crippen LogP contribution in [0.2, 0.25) is 0 Å². The quantitative estimate of drug-likeness (QED) is 0.723. The number of halogens is 1. The van der Waals surface area contributed by atoms with Gasteiger partial charge in [-0.3, -0.25) is 5.10 Å². The Hall–Kier alpha value is -0.500. The standard InChI is InChI=1S/C11H19ClN2/c1-3-10(8-9(2)12)4-5-11-6-7-13-14-11/h6-7,9-10H,3-5,8H2,1-2H3,(H,13,14). The van der Waals surface area contributed by atoms with Gasteiger partial charge in [-0.25, -0.2) is 0 Å². The summed E-state index contributed by atoms with van der Waals surface area (Å²) in [6, 6.07) is 2.04. The van der Waals surface area contributed by atoms with Crippen molar-refractivity contribution in [3.63, 3.8) is 0 Å². The molecule has 0 bridgehead atoms. The number of H-pyrrole nitrogens is 1. The van der Waals surface area contributed by atoms with Crippen molar-refractivity contribution in [3.8, 4) is 0 Å². The number of hydrogen-bond donors (Lipinski definition) is 1. The van der Waals surface area contributed by atoms with E-state index in [1.54, 1.807) is 0 Å². The van der Waals surface area contributed by atoms with Gasteiger partial charge in [-0.05, 0) is 38.2 Å². The van der Waals surface area contributed by atoms with Crippen LogP contribution in [-0.4, -0.2) is 15.6 Å². The van der Waals surface area contributed by atoms with Gasteiger partial charge in [0.2, 0.25) is 0 Å². The molecule has 0 aliphatic rings. The molecule has 0 aliphatic heterocycles. The van der Waals surface area contributed by atoms with E-state index in [0.717, 1.165) is 24.5 Å². The second-order valence-corrected chi connectivity index (χ2v) is 4.64. The smallest absolute Gasteiger partial charge is 0.0622 e. The fraction of sp³-hybridized carbons (Fsp3) is 0.727. The Balaban J connectivity index is 2.27. The van der Waals surface area contributed by atoms with Crippen LogP contribution in [0, 0.1) is 5.92 Å². The largest absolute Gasteiger partial charge is 0.285 e. The lowest BCUT2D eigenvalue weighted by Crippen LogP contribution is -2.06. The fourth-order valence-corrected chi connectivity index (χ4v) is 1.98. The minimum Gasteiger partial charge on any atom is -0.285 e. The number of nitrogens with zero attached hydrogens (tertiary/aromatic N) is 1. The molecular formula is C11H19ClN2. The Kier molecular flexibility index (Phi) is 5.02. The van der Waals surface area contributed by atoms with E-state index in [2.05, 4.69) is 24.0 Å². The minimum absolute atomic E-state index is 0.291. The van der Waals surface area contributed by atoms with E-state index >= 15 is 0 Å². The Labute approximate surface area is 91.1 Å². The van der Waals surface area contributed by atoms with Gasteiger partial charge in [0.25, 0.3) is 0 Å². The summed E-state index contributed by atoms with van der Waals surface area (Å²) in [4.78, 5) is 0. The summed E-state index contributed by atoms with van der Waals surface area (Å²) in [5.41, 5.74) is 1.16. The zero-order valence-corrected chi connectivity index (χ0v) is 9.72. The topological polar surface area (TPSA) is 28.7 Å². The van der Waals surface area contributed by atoms with E-state index in [-0.39, 0.29) is 0 Å². The Morgan fingerprint density at radius 2 is 2.36 bits per heavy atom. The van der Waals surface area contributed by atoms with Gasteiger partial charge in [0, 0.05) is 11.6 Å². The monoisotopic (exact) mass is 214 g/mol. The average molecular weight is 215 g/mol. The predicted octanol–water partition coefficient (Wildman–Crippen LogP) is 3.39. The van der Waals surface area contributed by atoms with Gasteiger partial charge in [-0.2, -0.15) is 5.10 Å². The molecule has 0 aromatic carbocycles. The Bertz CT molecular complexity index is 231. The van der Waals surface area contributed by atoms with Gasteiger partial charge in [-0.15, -0.1) is 11.6 Å². The first kappa shape index (κ1) is 11.6. The van der Waals surface area contributed by atoms with Gasteiger partial charge in [0.05, 0.1) is 5.69 Å². The molecule has 0 radical (unpaired) electrons. The lowest BCUT2D eigenvalue weighted by atomic mass is 9.94. The second kappa shape index (κ2) is 6.07. The van der Waals surface area contributed by atoms with Gasteiger partial charge in [0.1, 0.15) is 0 Å². The van der Waals surface area contributed by atoms with Crippen molar-refractivity contribution in [1.82, 2.24) is 10.2 Å². The third kappa shape index (κ3) is 4.14. The summed E-state index contributed by atoms with van der Waals surface area (Å²) in [5, 5.41) is 7.27. The molecule has 0 aliphatic carbocycles. The lowest BCUT2D eigenvalue weighted by Gasteiger charge is -2.15. The van der Waals surface area contributed by atoms with Crippen LogP contribution < -0.4 is 0 Å². The van der Waals surface area contributed by atoms with Gasteiger partial charge in [-0.1, -0.05) is 13.3 Å². The van der Waals surface area contributed by atoms with E-state index in [9.17, 15) is 0 Å². The fourth-order valence-electron chi connectivity index (χ4n) is 1.73. The lowest BCUT2D eigenvalue weighted by molar-refractivity contribution is 0.433. The van der Waals surface area contributed by atoms with Crippen molar-refractivity contribution in [2.75, 3.05) is 0 Å². The molecule has 0 saturated heterocycles. The highest BCUT2D eigenvalue weighted by molar-refractivity contribution is 6.20. The van der Waals surface area contributed by atoms with Crippen LogP contribution in [0.3, 0.4) is 0 Å². The van der Waals surface area contributed by atoms with Gasteiger partial charge >= 0.3 is 0 Å². The van der Waals surface area contributed by atoms with E-state index in [0.29, 0.717) is 5.38 Å². The number of hydrogen-bond acceptors (Lipinski definition) is 1. The number of rotatable bonds is 6. The Morgan fingerprint density at radius 1 is 1.57 bits per heavy atom. The highest BCUT2D eigenvalue weighted by atomic mass is 35.5. The highest BCUT2D eigenvalue weighted by Gasteiger charge is 2.10. The summed E-state index contributed by atoms with van der Waals surface area (Å²) in [6.45, 7) is 4.30. The first-order valence-corrected chi connectivity index (χ1v) is 5.78. The maximum atomic E-state index is 5.99. The van der Waals surface area contributed by atoms with Crippen molar-refractivity contribution >= 4 is 11.6 Å². The van der Waals surface area contributed by atoms with E-state index in [4.69, 9.17) is 11.6 Å². The molecule has 14 heavy (non-hydrogen) atoms. The second-order valence-electron chi connectivity index (χ2n) is 3.89. The summed E-state index contributed by atoms with van der Waals surface area (Å²) < 4.78 is 0. The summed E-state index contributed by atoms with van der Waals surface area (Å²) in [5.74, 6) is 0.735. The summed E-state index contributed by atoms with van der Waals surface area (Å²) >= 11 is 5.99. The molecule has 0 saturated carbocycles. The first-order chi connectivity index (χ1) is 6.72. The van der Waals surface area contributed by atoms with Crippen LogP contribution in [0.4, 0.5) is 0 Å². The molecule has 1 aromatic rings. The molecule has 2 unspecified atom stereocenters. The maximum Gasteiger partial charge on any atom is 0.0622 e. The molecule has 1 N–H and O–H groups in total. The number of alkyl halides is 1. The number of aromatic nitrogens is 2. The number of aryl methyl sites for hydroxylation is 1. The van der Waals surface area contributed by atoms with E-state index in [1.165, 1.54) is 12.8 Å². The van der Waals surface area contributed by atoms with Crippen molar-refractivity contribution in [3.05, 3.63) is 18.0 Å². The molecule has 80 valence electrons. The molecule has 2 atom stereocenters. The molecule has 1 aromatic heterocycles. The van der Waals surface area contributed by atoms with Gasteiger partial charge < -0.3 is 0 Å². The van der Waals surface area contributed by atoms with Crippen molar-refractivity contribution < 1.29 is 0 Å². The average Bonchev–Trinajstić information content (AvgIpc) is 2.64. The molecule has 3 heteroatoms. The van der Waals surface area contributed by atoms with Crippen LogP contribution in [0.1, 0.15) is 38.8 Å². The Morgan fingerprint density at radius 3 is 2.86 bits per heavy atom. The molecule has 0 amide bonds.